The van der Waals surface area contributed by atoms with Crippen molar-refractivity contribution in [3.8, 4) is 0 Å². The van der Waals surface area contributed by atoms with Crippen LogP contribution in [-0.4, -0.2) is 13.0 Å². The summed E-state index contributed by atoms with van der Waals surface area (Å²) in [6.45, 7) is 9.10. The molecule has 1 N–H and O–H groups in total. The van der Waals surface area contributed by atoms with E-state index in [1.54, 1.807) is 0 Å². The highest BCUT2D eigenvalue weighted by Crippen LogP contribution is 2.30. The van der Waals surface area contributed by atoms with E-state index in [2.05, 4.69) is 27.7 Å². The summed E-state index contributed by atoms with van der Waals surface area (Å²) < 4.78 is 31.3. The summed E-state index contributed by atoms with van der Waals surface area (Å²) in [6, 6.07) is 6.61. The van der Waals surface area contributed by atoms with Gasteiger partial charge in [-0.15, -0.1) is 0 Å². The predicted octanol–water partition coefficient (Wildman–Crippen LogP) is 6.06. The first-order chi connectivity index (χ1) is 11.3. The second-order valence-electron chi connectivity index (χ2n) is 7.34. The van der Waals surface area contributed by atoms with Crippen molar-refractivity contribution in [3.05, 3.63) is 29.8 Å². The monoisotopic (exact) mass is 354 g/mol. The third-order valence-corrected chi connectivity index (χ3v) is 6.07. The lowest BCUT2D eigenvalue weighted by molar-refractivity contribution is 0.317. The van der Waals surface area contributed by atoms with Crippen molar-refractivity contribution in [2.24, 2.45) is 11.8 Å². The second kappa shape index (κ2) is 10.2. The van der Waals surface area contributed by atoms with Crippen molar-refractivity contribution >= 4 is 10.1 Å². The molecule has 1 aromatic rings. The minimum atomic E-state index is -4.10. The van der Waals surface area contributed by atoms with Gasteiger partial charge in [-0.1, -0.05) is 78.4 Å². The fraction of sp³-hybridized carbons (Fsp3) is 0.700. The van der Waals surface area contributed by atoms with Crippen LogP contribution in [0.4, 0.5) is 0 Å². The Morgan fingerprint density at radius 2 is 1.50 bits per heavy atom. The Morgan fingerprint density at radius 1 is 0.917 bits per heavy atom. The lowest BCUT2D eigenvalue weighted by Gasteiger charge is -2.23. The van der Waals surface area contributed by atoms with Crippen LogP contribution in [0.15, 0.2) is 29.2 Å². The zero-order valence-electron chi connectivity index (χ0n) is 15.7. The molecule has 0 spiro atoms. The highest BCUT2D eigenvalue weighted by Gasteiger charge is 2.17. The maximum absolute atomic E-state index is 11.1. The van der Waals surface area contributed by atoms with E-state index < -0.39 is 10.1 Å². The van der Waals surface area contributed by atoms with Crippen molar-refractivity contribution in [3.63, 3.8) is 0 Å². The lowest BCUT2D eigenvalue weighted by Crippen LogP contribution is -2.11. The van der Waals surface area contributed by atoms with Gasteiger partial charge in [0.1, 0.15) is 0 Å². The van der Waals surface area contributed by atoms with E-state index in [0.29, 0.717) is 17.8 Å². The summed E-state index contributed by atoms with van der Waals surface area (Å²) in [6.07, 6.45) is 9.05. The molecule has 3 atom stereocenters. The summed E-state index contributed by atoms with van der Waals surface area (Å²) in [5.74, 6) is 1.75. The predicted molar refractivity (Wildman–Crippen MR) is 101 cm³/mol. The molecule has 0 aliphatic carbocycles. The molecule has 1 aromatic carbocycles. The molecule has 138 valence electrons. The van der Waals surface area contributed by atoms with Gasteiger partial charge in [-0.2, -0.15) is 8.42 Å². The molecule has 0 saturated heterocycles. The Kier molecular flexibility index (Phi) is 8.99. The van der Waals surface area contributed by atoms with Crippen LogP contribution in [0.2, 0.25) is 0 Å². The van der Waals surface area contributed by atoms with Gasteiger partial charge in [0.2, 0.25) is 0 Å². The molecule has 0 saturated carbocycles. The van der Waals surface area contributed by atoms with Crippen LogP contribution in [0.3, 0.4) is 0 Å². The third kappa shape index (κ3) is 7.35. The summed E-state index contributed by atoms with van der Waals surface area (Å²) in [7, 11) is -4.10. The first-order valence-corrected chi connectivity index (χ1v) is 10.8. The molecular formula is C20H34O3S. The Hall–Kier alpha value is -0.870. The van der Waals surface area contributed by atoms with Gasteiger partial charge >= 0.3 is 0 Å². The maximum atomic E-state index is 11.1. The van der Waals surface area contributed by atoms with E-state index in [4.69, 9.17) is 4.55 Å². The molecule has 0 aliphatic rings. The first-order valence-electron chi connectivity index (χ1n) is 9.33. The fourth-order valence-corrected chi connectivity index (χ4v) is 3.73. The van der Waals surface area contributed by atoms with Crippen molar-refractivity contribution < 1.29 is 13.0 Å². The van der Waals surface area contributed by atoms with E-state index in [0.717, 1.165) is 12.0 Å². The molecule has 0 amide bonds. The fourth-order valence-electron chi connectivity index (χ4n) is 3.25. The molecule has 1 rings (SSSR count). The van der Waals surface area contributed by atoms with Gasteiger partial charge in [0.25, 0.3) is 10.1 Å². The average molecular weight is 355 g/mol. The van der Waals surface area contributed by atoms with Crippen LogP contribution in [0.1, 0.15) is 84.1 Å². The summed E-state index contributed by atoms with van der Waals surface area (Å²) in [5.41, 5.74) is 1.13. The molecule has 3 nitrogen and oxygen atoms in total. The van der Waals surface area contributed by atoms with E-state index in [1.165, 1.54) is 50.7 Å². The number of unbranched alkanes of at least 4 members (excludes halogenated alkanes) is 4. The normalized spacial score (nSPS) is 15.9. The van der Waals surface area contributed by atoms with Gasteiger partial charge in [-0.3, -0.25) is 4.55 Å². The molecule has 3 unspecified atom stereocenters. The largest absolute Gasteiger partial charge is 0.294 e. The lowest BCUT2D eigenvalue weighted by atomic mass is 9.82. The third-order valence-electron chi connectivity index (χ3n) is 5.21. The highest BCUT2D eigenvalue weighted by atomic mass is 32.2. The van der Waals surface area contributed by atoms with Gasteiger partial charge < -0.3 is 0 Å². The Morgan fingerprint density at radius 3 is 2.04 bits per heavy atom. The molecule has 0 fully saturated rings. The molecule has 24 heavy (non-hydrogen) atoms. The van der Waals surface area contributed by atoms with E-state index in [-0.39, 0.29) is 4.90 Å². The second-order valence-corrected chi connectivity index (χ2v) is 8.76. The summed E-state index contributed by atoms with van der Waals surface area (Å²) in [4.78, 5) is -0.0352. The van der Waals surface area contributed by atoms with Crippen molar-refractivity contribution in [1.82, 2.24) is 0 Å². The van der Waals surface area contributed by atoms with E-state index in [1.807, 2.05) is 12.1 Å². The molecule has 0 aliphatic heterocycles. The Labute approximate surface area is 148 Å². The first kappa shape index (κ1) is 21.2. The average Bonchev–Trinajstić information content (AvgIpc) is 2.53. The standard InChI is InChI=1S/C20H34O3S/c1-5-6-7-8-9-10-16(2)17(3)15-18(4)19-11-13-20(14-12-19)24(21,22)23/h11-14,16-18H,5-10,15H2,1-4H3,(H,21,22,23). The van der Waals surface area contributed by atoms with Crippen LogP contribution in [0, 0.1) is 11.8 Å². The Bertz CT molecular complexity index is 563. The maximum Gasteiger partial charge on any atom is 0.294 e. The highest BCUT2D eigenvalue weighted by molar-refractivity contribution is 7.85. The van der Waals surface area contributed by atoms with Gasteiger partial charge in [0.05, 0.1) is 4.90 Å². The summed E-state index contributed by atoms with van der Waals surface area (Å²) in [5, 5.41) is 0. The Balaban J connectivity index is 2.46. The van der Waals surface area contributed by atoms with Crippen molar-refractivity contribution in [2.75, 3.05) is 0 Å². The number of hydrogen-bond donors (Lipinski definition) is 1. The van der Waals surface area contributed by atoms with Crippen LogP contribution >= 0.6 is 0 Å². The number of benzene rings is 1. The van der Waals surface area contributed by atoms with Crippen LogP contribution < -0.4 is 0 Å². The zero-order chi connectivity index (χ0) is 18.2. The number of rotatable bonds is 11. The topological polar surface area (TPSA) is 54.4 Å². The zero-order valence-corrected chi connectivity index (χ0v) is 16.5. The number of hydrogen-bond acceptors (Lipinski definition) is 2. The minimum Gasteiger partial charge on any atom is -0.282 e. The van der Waals surface area contributed by atoms with Crippen molar-refractivity contribution in [2.45, 2.75) is 83.5 Å². The molecule has 0 heterocycles. The van der Waals surface area contributed by atoms with Crippen molar-refractivity contribution in [1.29, 1.82) is 0 Å². The molecule has 4 heteroatoms. The minimum absolute atomic E-state index is 0.0352. The van der Waals surface area contributed by atoms with Gasteiger partial charge in [-0.25, -0.2) is 0 Å². The molecule has 0 radical (unpaired) electrons. The van der Waals surface area contributed by atoms with Gasteiger partial charge in [0.15, 0.2) is 0 Å². The van der Waals surface area contributed by atoms with Crippen LogP contribution in [0.5, 0.6) is 0 Å². The van der Waals surface area contributed by atoms with E-state index in [9.17, 15) is 8.42 Å². The molecular weight excluding hydrogens is 320 g/mol. The molecule has 0 aromatic heterocycles. The summed E-state index contributed by atoms with van der Waals surface area (Å²) >= 11 is 0. The van der Waals surface area contributed by atoms with Crippen LogP contribution in [0.25, 0.3) is 0 Å². The smallest absolute Gasteiger partial charge is 0.282 e. The quantitative estimate of drug-likeness (QED) is 0.388. The molecule has 0 bridgehead atoms. The van der Waals surface area contributed by atoms with Gasteiger partial charge in [-0.05, 0) is 41.9 Å². The SMILES string of the molecule is CCCCCCCC(C)C(C)CC(C)c1ccc(S(=O)(=O)O)cc1. The van der Waals surface area contributed by atoms with Crippen LogP contribution in [-0.2, 0) is 10.1 Å². The van der Waals surface area contributed by atoms with E-state index >= 15 is 0 Å². The van der Waals surface area contributed by atoms with Gasteiger partial charge in [0, 0.05) is 0 Å².